The highest BCUT2D eigenvalue weighted by Crippen LogP contribution is 2.07. The maximum Gasteiger partial charge on any atom is 0.220 e. The first kappa shape index (κ1) is 15.2. The molecule has 0 saturated heterocycles. The Kier molecular flexibility index (Phi) is 7.90. The van der Waals surface area contributed by atoms with Gasteiger partial charge in [0.15, 0.2) is 0 Å². The van der Waals surface area contributed by atoms with Crippen molar-refractivity contribution in [2.45, 2.75) is 52.0 Å². The van der Waals surface area contributed by atoms with Gasteiger partial charge >= 0.3 is 0 Å². The second-order valence-electron chi connectivity index (χ2n) is 4.61. The van der Waals surface area contributed by atoms with E-state index in [1.165, 1.54) is 0 Å². The van der Waals surface area contributed by atoms with Crippen LogP contribution in [0.15, 0.2) is 12.7 Å². The van der Waals surface area contributed by atoms with Crippen LogP contribution in [0.3, 0.4) is 0 Å². The van der Waals surface area contributed by atoms with Gasteiger partial charge in [-0.1, -0.05) is 13.0 Å². The molecule has 1 N–H and O–H groups in total. The predicted octanol–water partition coefficient (Wildman–Crippen LogP) is 2.66. The fourth-order valence-electron chi connectivity index (χ4n) is 1.18. The zero-order valence-corrected chi connectivity index (χ0v) is 10.8. The molecule has 3 nitrogen and oxygen atoms in total. The van der Waals surface area contributed by atoms with E-state index in [1.54, 1.807) is 6.08 Å². The summed E-state index contributed by atoms with van der Waals surface area (Å²) >= 11 is 0. The summed E-state index contributed by atoms with van der Waals surface area (Å²) in [7, 11) is 0. The highest BCUT2D eigenvalue weighted by atomic mass is 16.5. The van der Waals surface area contributed by atoms with E-state index < -0.39 is 0 Å². The van der Waals surface area contributed by atoms with Gasteiger partial charge in [0.1, 0.15) is 0 Å². The third kappa shape index (κ3) is 8.48. The van der Waals surface area contributed by atoms with Gasteiger partial charge < -0.3 is 10.1 Å². The lowest BCUT2D eigenvalue weighted by molar-refractivity contribution is -0.122. The Morgan fingerprint density at radius 2 is 2.12 bits per heavy atom. The zero-order valence-electron chi connectivity index (χ0n) is 10.8. The van der Waals surface area contributed by atoms with Gasteiger partial charge in [0.05, 0.1) is 6.61 Å². The van der Waals surface area contributed by atoms with Gasteiger partial charge in [0, 0.05) is 18.6 Å². The summed E-state index contributed by atoms with van der Waals surface area (Å²) in [6, 6.07) is 0. The van der Waals surface area contributed by atoms with Crippen molar-refractivity contribution in [1.82, 2.24) is 5.32 Å². The van der Waals surface area contributed by atoms with Crippen LogP contribution in [0.1, 0.15) is 46.5 Å². The Bertz CT molecular complexity index is 212. The number of amides is 1. The van der Waals surface area contributed by atoms with Gasteiger partial charge in [-0.2, -0.15) is 0 Å². The molecule has 0 radical (unpaired) electrons. The third-order valence-electron chi connectivity index (χ3n) is 2.54. The summed E-state index contributed by atoms with van der Waals surface area (Å²) < 4.78 is 5.24. The zero-order chi connectivity index (χ0) is 12.4. The van der Waals surface area contributed by atoms with Crippen LogP contribution in [0.25, 0.3) is 0 Å². The van der Waals surface area contributed by atoms with Crippen LogP contribution < -0.4 is 5.32 Å². The number of carbonyl (C=O) groups is 1. The van der Waals surface area contributed by atoms with E-state index in [-0.39, 0.29) is 11.4 Å². The molecule has 0 saturated carbocycles. The van der Waals surface area contributed by atoms with Crippen molar-refractivity contribution in [2.24, 2.45) is 0 Å². The van der Waals surface area contributed by atoms with Gasteiger partial charge in [-0.25, -0.2) is 0 Å². The van der Waals surface area contributed by atoms with Crippen LogP contribution in [0.2, 0.25) is 0 Å². The first-order valence-corrected chi connectivity index (χ1v) is 6.01. The lowest BCUT2D eigenvalue weighted by Crippen LogP contribution is -2.42. The molecule has 1 amide bonds. The van der Waals surface area contributed by atoms with E-state index in [9.17, 15) is 4.79 Å². The van der Waals surface area contributed by atoms with Crippen molar-refractivity contribution in [3.8, 4) is 0 Å². The van der Waals surface area contributed by atoms with E-state index in [4.69, 9.17) is 4.74 Å². The van der Waals surface area contributed by atoms with Crippen LogP contribution >= 0.6 is 0 Å². The summed E-state index contributed by atoms with van der Waals surface area (Å²) in [4.78, 5) is 11.5. The van der Waals surface area contributed by atoms with Gasteiger partial charge in [0.25, 0.3) is 0 Å². The standard InChI is InChI=1S/C13H25NO2/c1-5-10-16-11-8-7-9-12(15)14-13(3,4)6-2/h5H,1,6-11H2,2-4H3,(H,14,15). The summed E-state index contributed by atoms with van der Waals surface area (Å²) in [6.45, 7) is 11.0. The van der Waals surface area contributed by atoms with E-state index in [2.05, 4.69) is 18.8 Å². The maximum atomic E-state index is 11.5. The van der Waals surface area contributed by atoms with Crippen molar-refractivity contribution < 1.29 is 9.53 Å². The van der Waals surface area contributed by atoms with E-state index in [1.807, 2.05) is 13.8 Å². The van der Waals surface area contributed by atoms with Gasteiger partial charge in [-0.15, -0.1) is 6.58 Å². The first-order valence-electron chi connectivity index (χ1n) is 6.01. The van der Waals surface area contributed by atoms with Gasteiger partial charge in [-0.05, 0) is 33.1 Å². The fourth-order valence-corrected chi connectivity index (χ4v) is 1.18. The quantitative estimate of drug-likeness (QED) is 0.486. The Labute approximate surface area is 99.3 Å². The molecule has 0 aromatic rings. The minimum atomic E-state index is -0.0869. The van der Waals surface area contributed by atoms with E-state index >= 15 is 0 Å². The van der Waals surface area contributed by atoms with Gasteiger partial charge in [0.2, 0.25) is 5.91 Å². The first-order chi connectivity index (χ1) is 7.52. The van der Waals surface area contributed by atoms with Crippen LogP contribution in [-0.4, -0.2) is 24.7 Å². The number of carbonyl (C=O) groups excluding carboxylic acids is 1. The average molecular weight is 227 g/mol. The Morgan fingerprint density at radius 3 is 2.69 bits per heavy atom. The van der Waals surface area contributed by atoms with Gasteiger partial charge in [-0.3, -0.25) is 4.79 Å². The van der Waals surface area contributed by atoms with E-state index in [0.29, 0.717) is 19.6 Å². The van der Waals surface area contributed by atoms with Crippen LogP contribution in [0, 0.1) is 0 Å². The molecule has 0 aromatic carbocycles. The largest absolute Gasteiger partial charge is 0.377 e. The molecule has 0 aliphatic carbocycles. The average Bonchev–Trinajstić information content (AvgIpc) is 2.22. The van der Waals surface area contributed by atoms with Crippen LogP contribution in [0.4, 0.5) is 0 Å². The Morgan fingerprint density at radius 1 is 1.44 bits per heavy atom. The molecule has 0 fully saturated rings. The summed E-state index contributed by atoms with van der Waals surface area (Å²) in [5.41, 5.74) is -0.0869. The lowest BCUT2D eigenvalue weighted by Gasteiger charge is -2.24. The van der Waals surface area contributed by atoms with Crippen LogP contribution in [-0.2, 0) is 9.53 Å². The summed E-state index contributed by atoms with van der Waals surface area (Å²) in [5.74, 6) is 0.135. The van der Waals surface area contributed by atoms with Crippen molar-refractivity contribution in [3.63, 3.8) is 0 Å². The molecular formula is C13H25NO2. The van der Waals surface area contributed by atoms with Crippen molar-refractivity contribution in [1.29, 1.82) is 0 Å². The second-order valence-corrected chi connectivity index (χ2v) is 4.61. The number of hydrogen-bond acceptors (Lipinski definition) is 2. The molecule has 16 heavy (non-hydrogen) atoms. The molecule has 0 rings (SSSR count). The lowest BCUT2D eigenvalue weighted by atomic mass is 10.0. The molecular weight excluding hydrogens is 202 g/mol. The molecule has 0 aliphatic heterocycles. The summed E-state index contributed by atoms with van der Waals surface area (Å²) in [5, 5.41) is 3.01. The molecule has 0 unspecified atom stereocenters. The molecule has 94 valence electrons. The number of ether oxygens (including phenoxy) is 1. The number of hydrogen-bond donors (Lipinski definition) is 1. The minimum absolute atomic E-state index is 0.0869. The number of rotatable bonds is 9. The molecule has 0 aromatic heterocycles. The molecule has 0 atom stereocenters. The maximum absolute atomic E-state index is 11.5. The number of nitrogens with one attached hydrogen (secondary N) is 1. The predicted molar refractivity (Wildman–Crippen MR) is 67.4 cm³/mol. The monoisotopic (exact) mass is 227 g/mol. The highest BCUT2D eigenvalue weighted by molar-refractivity contribution is 5.76. The highest BCUT2D eigenvalue weighted by Gasteiger charge is 2.16. The SMILES string of the molecule is C=CCOCCCCC(=O)NC(C)(C)CC. The Hall–Kier alpha value is -0.830. The molecule has 3 heteroatoms. The van der Waals surface area contributed by atoms with Crippen molar-refractivity contribution in [3.05, 3.63) is 12.7 Å². The molecule has 0 aliphatic rings. The molecule has 0 heterocycles. The molecule has 0 bridgehead atoms. The third-order valence-corrected chi connectivity index (χ3v) is 2.54. The fraction of sp³-hybridized carbons (Fsp3) is 0.769. The second kappa shape index (κ2) is 8.34. The number of unbranched alkanes of at least 4 members (excludes halogenated alkanes) is 1. The van der Waals surface area contributed by atoms with Crippen LogP contribution in [0.5, 0.6) is 0 Å². The molecule has 0 spiro atoms. The van der Waals surface area contributed by atoms with Crippen molar-refractivity contribution >= 4 is 5.91 Å². The van der Waals surface area contributed by atoms with E-state index in [0.717, 1.165) is 19.3 Å². The van der Waals surface area contributed by atoms with Crippen molar-refractivity contribution in [2.75, 3.05) is 13.2 Å². The smallest absolute Gasteiger partial charge is 0.220 e. The normalized spacial score (nSPS) is 11.2. The minimum Gasteiger partial charge on any atom is -0.377 e. The summed E-state index contributed by atoms with van der Waals surface area (Å²) in [6.07, 6.45) is 5.06. The topological polar surface area (TPSA) is 38.3 Å². The Balaban J connectivity index is 3.47.